The van der Waals surface area contributed by atoms with E-state index in [9.17, 15) is 8.42 Å². The average Bonchev–Trinajstić information content (AvgIpc) is 2.53. The largest absolute Gasteiger partial charge is 0.425 e. The molecule has 0 saturated heterocycles. The zero-order valence-corrected chi connectivity index (χ0v) is 8.49. The van der Waals surface area contributed by atoms with E-state index in [4.69, 9.17) is 11.3 Å². The second-order valence-electron chi connectivity index (χ2n) is 2.95. The summed E-state index contributed by atoms with van der Waals surface area (Å²) < 4.78 is 28.1. The molecule has 0 saturated carbocycles. The maximum Gasteiger partial charge on any atom is 0.357 e. The van der Waals surface area contributed by atoms with E-state index < -0.39 is 9.84 Å². The van der Waals surface area contributed by atoms with Gasteiger partial charge in [-0.25, -0.2) is 15.0 Å². The average molecular weight is 221 g/mol. The van der Waals surface area contributed by atoms with Gasteiger partial charge >= 0.3 is 6.73 Å². The fraction of sp³-hybridized carbons (Fsp3) is 0.100. The van der Waals surface area contributed by atoms with Crippen LogP contribution in [0.15, 0.2) is 28.5 Å². The Balaban J connectivity index is 2.51. The van der Waals surface area contributed by atoms with Gasteiger partial charge in [-0.1, -0.05) is 6.07 Å². The summed E-state index contributed by atoms with van der Waals surface area (Å²) in [5, 5.41) is 1.14. The lowest BCUT2D eigenvalue weighted by atomic mass is 10.2. The second-order valence-corrected chi connectivity index (χ2v) is 4.75. The molecule has 1 aliphatic heterocycles. The fourth-order valence-electron chi connectivity index (χ4n) is 1.39. The molecule has 0 atom stereocenters. The summed E-state index contributed by atoms with van der Waals surface area (Å²) in [4.78, 5) is 3.29. The maximum atomic E-state index is 11.5. The van der Waals surface area contributed by atoms with Crippen molar-refractivity contribution in [2.24, 2.45) is 0 Å². The van der Waals surface area contributed by atoms with Crippen LogP contribution in [0, 0.1) is 6.57 Å². The van der Waals surface area contributed by atoms with E-state index in [0.29, 0.717) is 11.3 Å². The Bertz CT molecular complexity index is 567. The molecule has 76 valence electrons. The number of fused-ring (bicyclic) bond motifs is 1. The van der Waals surface area contributed by atoms with Gasteiger partial charge in [0.15, 0.2) is 0 Å². The van der Waals surface area contributed by atoms with Crippen molar-refractivity contribution in [2.45, 2.75) is 4.90 Å². The highest BCUT2D eigenvalue weighted by molar-refractivity contribution is 7.94. The van der Waals surface area contributed by atoms with Crippen molar-refractivity contribution in [3.8, 4) is 5.75 Å². The van der Waals surface area contributed by atoms with Crippen LogP contribution in [0.2, 0.25) is 0 Å². The zero-order chi connectivity index (χ0) is 10.9. The van der Waals surface area contributed by atoms with Gasteiger partial charge in [0.05, 0.1) is 4.90 Å². The first-order chi connectivity index (χ1) is 7.15. The monoisotopic (exact) mass is 221 g/mol. The molecule has 0 aliphatic carbocycles. The molecule has 4 nitrogen and oxygen atoms in total. The minimum Gasteiger partial charge on any atom is -0.425 e. The lowest BCUT2D eigenvalue weighted by Crippen LogP contribution is -1.97. The Morgan fingerprint density at radius 3 is 2.93 bits per heavy atom. The molecule has 0 amide bonds. The lowest BCUT2D eigenvalue weighted by molar-refractivity contribution is 0.359. The molecule has 0 fully saturated rings. The highest BCUT2D eigenvalue weighted by Gasteiger charge is 2.23. The number of rotatable bonds is 2. The third kappa shape index (κ3) is 1.60. The highest BCUT2D eigenvalue weighted by Crippen LogP contribution is 2.33. The molecule has 5 heteroatoms. The lowest BCUT2D eigenvalue weighted by Gasteiger charge is -2.04. The Morgan fingerprint density at radius 1 is 1.40 bits per heavy atom. The van der Waals surface area contributed by atoms with Crippen LogP contribution in [0.1, 0.15) is 5.56 Å². The molecule has 0 bridgehead atoms. The van der Waals surface area contributed by atoms with Gasteiger partial charge in [-0.3, -0.25) is 4.85 Å². The Hall–Kier alpha value is -1.80. The minimum absolute atomic E-state index is 0.107. The third-order valence-corrected chi connectivity index (χ3v) is 3.49. The van der Waals surface area contributed by atoms with Crippen LogP contribution in [0.4, 0.5) is 0 Å². The van der Waals surface area contributed by atoms with E-state index in [1.807, 2.05) is 0 Å². The van der Waals surface area contributed by atoms with Crippen molar-refractivity contribution in [3.63, 3.8) is 0 Å². The van der Waals surface area contributed by atoms with E-state index in [1.165, 1.54) is 12.1 Å². The van der Waals surface area contributed by atoms with Gasteiger partial charge in [0.2, 0.25) is 9.84 Å². The SMILES string of the molecule is [C-]#[N+]COc1cccc2c1C=CS2(=O)=O. The molecule has 0 spiro atoms. The summed E-state index contributed by atoms with van der Waals surface area (Å²) in [6.07, 6.45) is 1.49. The van der Waals surface area contributed by atoms with Crippen LogP contribution in [0.3, 0.4) is 0 Å². The van der Waals surface area contributed by atoms with Crippen LogP contribution in [0.5, 0.6) is 5.75 Å². The quantitative estimate of drug-likeness (QED) is 0.714. The first-order valence-corrected chi connectivity index (χ1v) is 5.72. The predicted molar refractivity (Wildman–Crippen MR) is 54.8 cm³/mol. The Labute approximate surface area is 87.5 Å². The van der Waals surface area contributed by atoms with Crippen LogP contribution in [-0.2, 0) is 9.84 Å². The number of ether oxygens (including phenoxy) is 1. The van der Waals surface area contributed by atoms with Crippen LogP contribution in [-0.4, -0.2) is 15.1 Å². The molecular formula is C10H7NO3S. The number of benzene rings is 1. The van der Waals surface area contributed by atoms with Crippen molar-refractivity contribution in [1.82, 2.24) is 0 Å². The number of sulfone groups is 1. The first kappa shape index (κ1) is 9.74. The molecule has 1 heterocycles. The summed E-state index contributed by atoms with van der Waals surface area (Å²) in [6, 6.07) is 4.77. The molecule has 0 aromatic heterocycles. The van der Waals surface area contributed by atoms with Gasteiger partial charge in [-0.05, 0) is 18.2 Å². The van der Waals surface area contributed by atoms with Crippen molar-refractivity contribution in [2.75, 3.05) is 6.73 Å². The minimum atomic E-state index is -3.29. The van der Waals surface area contributed by atoms with Crippen molar-refractivity contribution in [3.05, 3.63) is 40.6 Å². The van der Waals surface area contributed by atoms with Gasteiger partial charge in [-0.2, -0.15) is 0 Å². The summed E-state index contributed by atoms with van der Waals surface area (Å²) in [5.74, 6) is 0.431. The molecule has 1 aliphatic rings. The standard InChI is InChI=1S/C10H7NO3S/c1-11-7-14-9-3-2-4-10-8(9)5-6-15(10,12)13/h2-6H,7H2. The predicted octanol–water partition coefficient (Wildman–Crippen LogP) is 1.70. The summed E-state index contributed by atoms with van der Waals surface area (Å²) >= 11 is 0. The van der Waals surface area contributed by atoms with E-state index in [2.05, 4.69) is 4.85 Å². The molecule has 1 aromatic rings. The smallest absolute Gasteiger partial charge is 0.357 e. The molecule has 0 N–H and O–H groups in total. The molecule has 15 heavy (non-hydrogen) atoms. The third-order valence-electron chi connectivity index (χ3n) is 2.03. The summed E-state index contributed by atoms with van der Waals surface area (Å²) in [6.45, 7) is 6.48. The molecule has 2 rings (SSSR count). The van der Waals surface area contributed by atoms with Gasteiger partial charge < -0.3 is 4.74 Å². The Kier molecular flexibility index (Phi) is 2.21. The topological polar surface area (TPSA) is 47.7 Å². The fourth-order valence-corrected chi connectivity index (χ4v) is 2.60. The normalized spacial score (nSPS) is 15.7. The van der Waals surface area contributed by atoms with Gasteiger partial charge in [0, 0.05) is 11.0 Å². The highest BCUT2D eigenvalue weighted by atomic mass is 32.2. The molecule has 0 radical (unpaired) electrons. The molecule has 1 aromatic carbocycles. The van der Waals surface area contributed by atoms with Crippen molar-refractivity contribution in [1.29, 1.82) is 0 Å². The molecular weight excluding hydrogens is 214 g/mol. The van der Waals surface area contributed by atoms with Gasteiger partial charge in [0.1, 0.15) is 5.75 Å². The van der Waals surface area contributed by atoms with E-state index >= 15 is 0 Å². The second kappa shape index (κ2) is 3.41. The maximum absolute atomic E-state index is 11.5. The zero-order valence-electron chi connectivity index (χ0n) is 7.67. The van der Waals surface area contributed by atoms with Crippen LogP contribution in [0.25, 0.3) is 10.9 Å². The number of nitrogens with zero attached hydrogens (tertiary/aromatic N) is 1. The van der Waals surface area contributed by atoms with Crippen LogP contribution < -0.4 is 4.74 Å². The molecule has 0 unspecified atom stereocenters. The van der Waals surface area contributed by atoms with Crippen LogP contribution >= 0.6 is 0 Å². The van der Waals surface area contributed by atoms with Gasteiger partial charge in [0.25, 0.3) is 0 Å². The van der Waals surface area contributed by atoms with Gasteiger partial charge in [-0.15, -0.1) is 0 Å². The van der Waals surface area contributed by atoms with Crippen molar-refractivity contribution >= 4 is 15.9 Å². The van der Waals surface area contributed by atoms with E-state index in [0.717, 1.165) is 5.41 Å². The summed E-state index contributed by atoms with van der Waals surface area (Å²) in [7, 11) is -3.29. The first-order valence-electron chi connectivity index (χ1n) is 4.17. The van der Waals surface area contributed by atoms with E-state index in [1.54, 1.807) is 12.1 Å². The summed E-state index contributed by atoms with van der Waals surface area (Å²) in [5.41, 5.74) is 0.529. The van der Waals surface area contributed by atoms with Crippen molar-refractivity contribution < 1.29 is 13.2 Å². The Morgan fingerprint density at radius 2 is 2.20 bits per heavy atom. The number of hydrogen-bond donors (Lipinski definition) is 0. The number of hydrogen-bond acceptors (Lipinski definition) is 3. The van der Waals surface area contributed by atoms with E-state index in [-0.39, 0.29) is 11.6 Å².